The summed E-state index contributed by atoms with van der Waals surface area (Å²) < 4.78 is 15.4. The molecular formula is C17H24ClN3O5. The molecule has 1 aliphatic rings. The predicted molar refractivity (Wildman–Crippen MR) is 98.2 cm³/mol. The van der Waals surface area contributed by atoms with Crippen LogP contribution in [0.15, 0.2) is 12.1 Å². The highest BCUT2D eigenvalue weighted by molar-refractivity contribution is 6.32. The minimum atomic E-state index is -0.311. The van der Waals surface area contributed by atoms with Crippen LogP contribution in [0.2, 0.25) is 5.02 Å². The fourth-order valence-electron chi connectivity index (χ4n) is 2.65. The van der Waals surface area contributed by atoms with Gasteiger partial charge in [-0.2, -0.15) is 0 Å². The topological polar surface area (TPSA) is 80.3 Å². The zero-order valence-electron chi connectivity index (χ0n) is 15.2. The maximum Gasteiger partial charge on any atom is 0.409 e. The molecule has 0 bridgehead atoms. The highest BCUT2D eigenvalue weighted by atomic mass is 35.5. The third kappa shape index (κ3) is 5.15. The molecule has 2 rings (SSSR count). The number of nitrogens with one attached hydrogen (secondary N) is 1. The summed E-state index contributed by atoms with van der Waals surface area (Å²) in [6.45, 7) is 4.62. The number of ether oxygens (including phenoxy) is 3. The number of amides is 2. The first kappa shape index (κ1) is 20.1. The van der Waals surface area contributed by atoms with Gasteiger partial charge in [0, 0.05) is 38.3 Å². The maximum absolute atomic E-state index is 12.4. The number of hydrogen-bond donors (Lipinski definition) is 1. The molecule has 0 atom stereocenters. The van der Waals surface area contributed by atoms with Gasteiger partial charge in [0.05, 0.1) is 38.1 Å². The highest BCUT2D eigenvalue weighted by Gasteiger charge is 2.23. The van der Waals surface area contributed by atoms with Crippen LogP contribution in [-0.2, 0) is 9.53 Å². The van der Waals surface area contributed by atoms with Crippen LogP contribution in [0.3, 0.4) is 0 Å². The molecule has 0 aromatic heterocycles. The van der Waals surface area contributed by atoms with Gasteiger partial charge < -0.3 is 24.4 Å². The first-order chi connectivity index (χ1) is 12.5. The second-order valence-corrected chi connectivity index (χ2v) is 6.10. The summed E-state index contributed by atoms with van der Waals surface area (Å²) >= 11 is 6.07. The summed E-state index contributed by atoms with van der Waals surface area (Å²) in [5, 5.41) is 3.22. The Morgan fingerprint density at radius 3 is 2.35 bits per heavy atom. The van der Waals surface area contributed by atoms with Crippen molar-refractivity contribution < 1.29 is 23.8 Å². The van der Waals surface area contributed by atoms with Crippen LogP contribution in [-0.4, -0.2) is 75.4 Å². The van der Waals surface area contributed by atoms with E-state index in [0.717, 1.165) is 0 Å². The van der Waals surface area contributed by atoms with E-state index in [1.165, 1.54) is 14.2 Å². The van der Waals surface area contributed by atoms with Crippen LogP contribution in [0, 0.1) is 0 Å². The Balaban J connectivity index is 1.91. The number of rotatable bonds is 6. The van der Waals surface area contributed by atoms with Gasteiger partial charge >= 0.3 is 6.09 Å². The molecular weight excluding hydrogens is 362 g/mol. The molecule has 0 radical (unpaired) electrons. The normalized spacial score (nSPS) is 14.7. The fourth-order valence-corrected chi connectivity index (χ4v) is 2.89. The summed E-state index contributed by atoms with van der Waals surface area (Å²) in [4.78, 5) is 27.7. The van der Waals surface area contributed by atoms with E-state index >= 15 is 0 Å². The van der Waals surface area contributed by atoms with E-state index in [9.17, 15) is 9.59 Å². The van der Waals surface area contributed by atoms with Crippen molar-refractivity contribution in [1.82, 2.24) is 9.80 Å². The van der Waals surface area contributed by atoms with Crippen molar-refractivity contribution in [3.8, 4) is 11.5 Å². The number of benzene rings is 1. The van der Waals surface area contributed by atoms with Crippen molar-refractivity contribution in [2.24, 2.45) is 0 Å². The molecule has 144 valence electrons. The van der Waals surface area contributed by atoms with Gasteiger partial charge in [0.2, 0.25) is 5.91 Å². The molecule has 0 saturated carbocycles. The molecule has 0 unspecified atom stereocenters. The third-order valence-electron chi connectivity index (χ3n) is 4.01. The summed E-state index contributed by atoms with van der Waals surface area (Å²) in [7, 11) is 3.00. The van der Waals surface area contributed by atoms with Gasteiger partial charge in [-0.15, -0.1) is 0 Å². The first-order valence-corrected chi connectivity index (χ1v) is 8.71. The number of anilines is 1. The molecule has 1 aromatic carbocycles. The van der Waals surface area contributed by atoms with Gasteiger partial charge in [-0.25, -0.2) is 4.79 Å². The number of halogens is 1. The van der Waals surface area contributed by atoms with Crippen LogP contribution >= 0.6 is 11.6 Å². The number of piperazine rings is 1. The van der Waals surface area contributed by atoms with Crippen molar-refractivity contribution in [3.05, 3.63) is 17.2 Å². The Bertz CT molecular complexity index is 648. The molecule has 0 aliphatic carbocycles. The SMILES string of the molecule is CCOC(=O)N1CCN(CC(=O)Nc2cc(OC)c(Cl)cc2OC)CC1. The van der Waals surface area contributed by atoms with Crippen molar-refractivity contribution in [3.63, 3.8) is 0 Å². The van der Waals surface area contributed by atoms with Gasteiger partial charge in [-0.05, 0) is 6.92 Å². The molecule has 1 aliphatic heterocycles. The third-order valence-corrected chi connectivity index (χ3v) is 4.31. The minimum Gasteiger partial charge on any atom is -0.495 e. The van der Waals surface area contributed by atoms with Gasteiger partial charge in [-0.1, -0.05) is 11.6 Å². The Hall–Kier alpha value is -2.19. The molecule has 1 saturated heterocycles. The van der Waals surface area contributed by atoms with Crippen molar-refractivity contribution in [2.75, 3.05) is 58.9 Å². The lowest BCUT2D eigenvalue weighted by Crippen LogP contribution is -2.50. The minimum absolute atomic E-state index is 0.183. The molecule has 1 N–H and O–H groups in total. The van der Waals surface area contributed by atoms with Gasteiger partial charge in [0.25, 0.3) is 0 Å². The second kappa shape index (κ2) is 9.49. The van der Waals surface area contributed by atoms with Crippen LogP contribution in [0.4, 0.5) is 10.5 Å². The lowest BCUT2D eigenvalue weighted by molar-refractivity contribution is -0.117. The van der Waals surface area contributed by atoms with Crippen LogP contribution < -0.4 is 14.8 Å². The molecule has 1 aromatic rings. The fraction of sp³-hybridized carbons (Fsp3) is 0.529. The monoisotopic (exact) mass is 385 g/mol. The second-order valence-electron chi connectivity index (χ2n) is 5.70. The lowest BCUT2D eigenvalue weighted by atomic mass is 10.2. The van der Waals surface area contributed by atoms with Crippen molar-refractivity contribution in [2.45, 2.75) is 6.92 Å². The van der Waals surface area contributed by atoms with Gasteiger partial charge in [0.15, 0.2) is 0 Å². The zero-order valence-corrected chi connectivity index (χ0v) is 16.0. The quantitative estimate of drug-likeness (QED) is 0.807. The average Bonchev–Trinajstić information content (AvgIpc) is 2.63. The van der Waals surface area contributed by atoms with E-state index in [1.807, 2.05) is 4.90 Å². The van der Waals surface area contributed by atoms with Gasteiger partial charge in [0.1, 0.15) is 11.5 Å². The van der Waals surface area contributed by atoms with Crippen LogP contribution in [0.5, 0.6) is 11.5 Å². The van der Waals surface area contributed by atoms with Crippen molar-refractivity contribution >= 4 is 29.3 Å². The Labute approximate surface area is 157 Å². The first-order valence-electron chi connectivity index (χ1n) is 8.33. The molecule has 26 heavy (non-hydrogen) atoms. The number of carbonyl (C=O) groups excluding carboxylic acids is 2. The summed E-state index contributed by atoms with van der Waals surface area (Å²) in [5.74, 6) is 0.722. The number of hydrogen-bond acceptors (Lipinski definition) is 6. The zero-order chi connectivity index (χ0) is 19.1. The molecule has 8 nitrogen and oxygen atoms in total. The Morgan fingerprint density at radius 2 is 1.77 bits per heavy atom. The number of nitrogens with zero attached hydrogens (tertiary/aromatic N) is 2. The smallest absolute Gasteiger partial charge is 0.409 e. The molecule has 1 fully saturated rings. The summed E-state index contributed by atoms with van der Waals surface area (Å²) in [5.41, 5.74) is 0.490. The highest BCUT2D eigenvalue weighted by Crippen LogP contribution is 2.35. The maximum atomic E-state index is 12.4. The van der Waals surface area contributed by atoms with E-state index in [2.05, 4.69) is 5.32 Å². The molecule has 0 spiro atoms. The lowest BCUT2D eigenvalue weighted by Gasteiger charge is -2.33. The summed E-state index contributed by atoms with van der Waals surface area (Å²) in [6.07, 6.45) is -0.311. The van der Waals surface area contributed by atoms with Crippen LogP contribution in [0.1, 0.15) is 6.92 Å². The van der Waals surface area contributed by atoms with E-state index in [4.69, 9.17) is 25.8 Å². The van der Waals surface area contributed by atoms with Crippen molar-refractivity contribution in [1.29, 1.82) is 0 Å². The van der Waals surface area contributed by atoms with Crippen LogP contribution in [0.25, 0.3) is 0 Å². The average molecular weight is 386 g/mol. The Kier molecular flexibility index (Phi) is 7.35. The van der Waals surface area contributed by atoms with Gasteiger partial charge in [-0.3, -0.25) is 9.69 Å². The standard InChI is InChI=1S/C17H24ClN3O5/c1-4-26-17(23)21-7-5-20(6-8-21)11-16(22)19-13-10-14(24-2)12(18)9-15(13)25-3/h9-10H,4-8,11H2,1-3H3,(H,19,22). The van der Waals surface area contributed by atoms with E-state index in [-0.39, 0.29) is 18.5 Å². The summed E-state index contributed by atoms with van der Waals surface area (Å²) in [6, 6.07) is 3.21. The largest absolute Gasteiger partial charge is 0.495 e. The predicted octanol–water partition coefficient (Wildman–Crippen LogP) is 2.07. The van der Waals surface area contributed by atoms with E-state index < -0.39 is 0 Å². The van der Waals surface area contributed by atoms with E-state index in [1.54, 1.807) is 24.0 Å². The number of carbonyl (C=O) groups is 2. The molecule has 9 heteroatoms. The Morgan fingerprint density at radius 1 is 1.12 bits per heavy atom. The molecule has 1 heterocycles. The molecule has 2 amide bonds. The van der Waals surface area contributed by atoms with E-state index in [0.29, 0.717) is 55.0 Å². The number of methoxy groups -OCH3 is 2.